The van der Waals surface area contributed by atoms with E-state index in [-0.39, 0.29) is 5.69 Å². The summed E-state index contributed by atoms with van der Waals surface area (Å²) in [6.07, 6.45) is 1.32. The van der Waals surface area contributed by atoms with E-state index in [0.717, 1.165) is 0 Å². The van der Waals surface area contributed by atoms with Gasteiger partial charge in [0.05, 0.1) is 5.02 Å². The molecule has 0 radical (unpaired) electrons. The molecular weight excluding hydrogens is 208 g/mol. The van der Waals surface area contributed by atoms with E-state index in [9.17, 15) is 9.59 Å². The number of aliphatic carboxylic acids is 1. The number of carbonyl (C=O) groups is 2. The van der Waals surface area contributed by atoms with Gasteiger partial charge in [0, 0.05) is 6.20 Å². The number of rotatable bonds is 3. The van der Waals surface area contributed by atoms with Crippen LogP contribution in [0.5, 0.6) is 0 Å². The van der Waals surface area contributed by atoms with Crippen LogP contribution in [0.1, 0.15) is 10.5 Å². The predicted molar refractivity (Wildman–Crippen MR) is 49.2 cm³/mol. The third-order valence-electron chi connectivity index (χ3n) is 1.36. The highest BCUT2D eigenvalue weighted by Crippen LogP contribution is 2.05. The van der Waals surface area contributed by atoms with Crippen LogP contribution in [0.3, 0.4) is 0 Å². The highest BCUT2D eigenvalue weighted by molar-refractivity contribution is 6.30. The molecule has 0 saturated carbocycles. The molecule has 0 spiro atoms. The lowest BCUT2D eigenvalue weighted by Crippen LogP contribution is -2.29. The fraction of sp³-hybridized carbons (Fsp3) is 0.125. The fourth-order valence-corrected chi connectivity index (χ4v) is 0.868. The third kappa shape index (κ3) is 3.02. The molecule has 0 aromatic carbocycles. The summed E-state index contributed by atoms with van der Waals surface area (Å²) >= 11 is 5.56. The molecule has 6 heteroatoms. The van der Waals surface area contributed by atoms with E-state index in [4.69, 9.17) is 16.7 Å². The van der Waals surface area contributed by atoms with Crippen molar-refractivity contribution in [2.45, 2.75) is 0 Å². The van der Waals surface area contributed by atoms with Crippen molar-refractivity contribution in [2.24, 2.45) is 0 Å². The molecule has 1 heterocycles. The Morgan fingerprint density at radius 2 is 2.21 bits per heavy atom. The summed E-state index contributed by atoms with van der Waals surface area (Å²) in [5.74, 6) is -1.64. The Labute approximate surface area is 84.7 Å². The van der Waals surface area contributed by atoms with Gasteiger partial charge in [0.1, 0.15) is 12.2 Å². The zero-order chi connectivity index (χ0) is 10.6. The van der Waals surface area contributed by atoms with Gasteiger partial charge in [-0.15, -0.1) is 0 Å². The summed E-state index contributed by atoms with van der Waals surface area (Å²) in [6.45, 7) is -0.427. The lowest BCUT2D eigenvalue weighted by atomic mass is 10.3. The molecular formula is C8H7ClN2O3. The van der Waals surface area contributed by atoms with Crippen LogP contribution < -0.4 is 5.32 Å². The van der Waals surface area contributed by atoms with Crippen LogP contribution in [-0.2, 0) is 4.79 Å². The van der Waals surface area contributed by atoms with Crippen molar-refractivity contribution in [2.75, 3.05) is 6.54 Å². The minimum atomic E-state index is -1.10. The van der Waals surface area contributed by atoms with E-state index in [0.29, 0.717) is 5.02 Å². The van der Waals surface area contributed by atoms with Crippen LogP contribution in [0, 0.1) is 0 Å². The van der Waals surface area contributed by atoms with E-state index in [2.05, 4.69) is 10.3 Å². The molecule has 2 N–H and O–H groups in total. The number of pyridine rings is 1. The Morgan fingerprint density at radius 1 is 1.50 bits per heavy atom. The van der Waals surface area contributed by atoms with Crippen LogP contribution in [0.4, 0.5) is 0 Å². The molecule has 0 unspecified atom stereocenters. The summed E-state index contributed by atoms with van der Waals surface area (Å²) in [4.78, 5) is 25.0. The standard InChI is InChI=1S/C8H7ClN2O3/c9-5-1-2-6(10-3-5)8(14)11-4-7(12)13/h1-3H,4H2,(H,11,14)(H,12,13). The number of hydrogen-bond donors (Lipinski definition) is 2. The first-order valence-corrected chi connectivity index (χ1v) is 4.09. The fourth-order valence-electron chi connectivity index (χ4n) is 0.757. The number of nitrogens with one attached hydrogen (secondary N) is 1. The smallest absolute Gasteiger partial charge is 0.322 e. The van der Waals surface area contributed by atoms with Crippen molar-refractivity contribution in [3.05, 3.63) is 29.0 Å². The second kappa shape index (κ2) is 4.57. The van der Waals surface area contributed by atoms with Crippen molar-refractivity contribution in [3.63, 3.8) is 0 Å². The number of carboxylic acid groups (broad SMARTS) is 1. The molecule has 0 aliphatic carbocycles. The van der Waals surface area contributed by atoms with Gasteiger partial charge in [0.25, 0.3) is 5.91 Å². The molecule has 1 aromatic rings. The van der Waals surface area contributed by atoms with Crippen molar-refractivity contribution >= 4 is 23.5 Å². The van der Waals surface area contributed by atoms with E-state index >= 15 is 0 Å². The maximum absolute atomic E-state index is 11.2. The molecule has 0 aliphatic heterocycles. The Morgan fingerprint density at radius 3 is 2.71 bits per heavy atom. The van der Waals surface area contributed by atoms with E-state index in [1.54, 1.807) is 0 Å². The van der Waals surface area contributed by atoms with Crippen molar-refractivity contribution < 1.29 is 14.7 Å². The van der Waals surface area contributed by atoms with Gasteiger partial charge >= 0.3 is 5.97 Å². The summed E-state index contributed by atoms with van der Waals surface area (Å²) in [7, 11) is 0. The topological polar surface area (TPSA) is 79.3 Å². The Balaban J connectivity index is 2.61. The molecule has 5 nitrogen and oxygen atoms in total. The summed E-state index contributed by atoms with van der Waals surface area (Å²) in [5.41, 5.74) is 0.135. The van der Waals surface area contributed by atoms with E-state index in [1.807, 2.05) is 0 Å². The van der Waals surface area contributed by atoms with Gasteiger partial charge in [-0.2, -0.15) is 0 Å². The molecule has 0 atom stereocenters. The van der Waals surface area contributed by atoms with Gasteiger partial charge in [0.2, 0.25) is 0 Å². The first-order chi connectivity index (χ1) is 6.59. The number of nitrogens with zero attached hydrogens (tertiary/aromatic N) is 1. The van der Waals surface area contributed by atoms with E-state index in [1.165, 1.54) is 18.3 Å². The van der Waals surface area contributed by atoms with Crippen LogP contribution in [-0.4, -0.2) is 28.5 Å². The summed E-state index contributed by atoms with van der Waals surface area (Å²) in [5, 5.41) is 10.9. The number of halogens is 1. The third-order valence-corrected chi connectivity index (χ3v) is 1.58. The molecule has 0 saturated heterocycles. The molecule has 0 aliphatic rings. The molecule has 1 rings (SSSR count). The first-order valence-electron chi connectivity index (χ1n) is 3.71. The van der Waals surface area contributed by atoms with Crippen molar-refractivity contribution in [1.82, 2.24) is 10.3 Å². The normalized spacial score (nSPS) is 9.50. The van der Waals surface area contributed by atoms with Gasteiger partial charge in [-0.1, -0.05) is 11.6 Å². The van der Waals surface area contributed by atoms with Crippen molar-refractivity contribution in [3.8, 4) is 0 Å². The largest absolute Gasteiger partial charge is 0.480 e. The average Bonchev–Trinajstić information content (AvgIpc) is 2.15. The van der Waals surface area contributed by atoms with Gasteiger partial charge in [0.15, 0.2) is 0 Å². The van der Waals surface area contributed by atoms with Gasteiger partial charge in [-0.05, 0) is 12.1 Å². The van der Waals surface area contributed by atoms with Crippen LogP contribution in [0.2, 0.25) is 5.02 Å². The van der Waals surface area contributed by atoms with Gasteiger partial charge in [-0.3, -0.25) is 9.59 Å². The molecule has 74 valence electrons. The minimum Gasteiger partial charge on any atom is -0.480 e. The first kappa shape index (κ1) is 10.5. The summed E-state index contributed by atoms with van der Waals surface area (Å²) < 4.78 is 0. The second-order valence-electron chi connectivity index (χ2n) is 2.44. The van der Waals surface area contributed by atoms with Crippen LogP contribution in [0.25, 0.3) is 0 Å². The van der Waals surface area contributed by atoms with Crippen molar-refractivity contribution in [1.29, 1.82) is 0 Å². The van der Waals surface area contributed by atoms with Gasteiger partial charge < -0.3 is 10.4 Å². The molecule has 0 fully saturated rings. The quantitative estimate of drug-likeness (QED) is 0.770. The highest BCUT2D eigenvalue weighted by atomic mass is 35.5. The number of carbonyl (C=O) groups excluding carboxylic acids is 1. The zero-order valence-electron chi connectivity index (χ0n) is 7.03. The number of aromatic nitrogens is 1. The van der Waals surface area contributed by atoms with Crippen LogP contribution >= 0.6 is 11.6 Å². The SMILES string of the molecule is O=C(O)CNC(=O)c1ccc(Cl)cn1. The maximum Gasteiger partial charge on any atom is 0.322 e. The molecule has 1 aromatic heterocycles. The summed E-state index contributed by atoms with van der Waals surface area (Å²) in [6, 6.07) is 2.92. The number of hydrogen-bond acceptors (Lipinski definition) is 3. The lowest BCUT2D eigenvalue weighted by molar-refractivity contribution is -0.135. The number of carboxylic acids is 1. The minimum absolute atomic E-state index is 0.135. The predicted octanol–water partition coefficient (Wildman–Crippen LogP) is 0.549. The highest BCUT2D eigenvalue weighted by Gasteiger charge is 2.07. The average molecular weight is 215 g/mol. The van der Waals surface area contributed by atoms with Crippen LogP contribution in [0.15, 0.2) is 18.3 Å². The molecule has 0 bridgehead atoms. The Kier molecular flexibility index (Phi) is 3.41. The van der Waals surface area contributed by atoms with E-state index < -0.39 is 18.4 Å². The molecule has 1 amide bonds. The van der Waals surface area contributed by atoms with Gasteiger partial charge in [-0.25, -0.2) is 4.98 Å². The Hall–Kier alpha value is -1.62. The zero-order valence-corrected chi connectivity index (χ0v) is 7.78. The Bertz CT molecular complexity index is 350. The number of amides is 1. The monoisotopic (exact) mass is 214 g/mol. The second-order valence-corrected chi connectivity index (χ2v) is 2.87. The maximum atomic E-state index is 11.2. The lowest BCUT2D eigenvalue weighted by Gasteiger charge is -2.00. The molecule has 14 heavy (non-hydrogen) atoms.